The van der Waals surface area contributed by atoms with Crippen molar-refractivity contribution in [2.45, 2.75) is 19.8 Å². The van der Waals surface area contributed by atoms with E-state index in [1.807, 2.05) is 6.07 Å². The van der Waals surface area contributed by atoms with Gasteiger partial charge >= 0.3 is 0 Å². The summed E-state index contributed by atoms with van der Waals surface area (Å²) in [5, 5.41) is 1.42. The van der Waals surface area contributed by atoms with Crippen LogP contribution in [0.25, 0.3) is 0 Å². The van der Waals surface area contributed by atoms with E-state index < -0.39 is 0 Å². The summed E-state index contributed by atoms with van der Waals surface area (Å²) in [6.07, 6.45) is 1.81. The van der Waals surface area contributed by atoms with Gasteiger partial charge in [-0.3, -0.25) is 5.01 Å². The topological polar surface area (TPSA) is 68.2 Å². The smallest absolute Gasteiger partial charge is 0.165 e. The summed E-state index contributed by atoms with van der Waals surface area (Å²) in [6.45, 7) is 4.20. The van der Waals surface area contributed by atoms with Crippen molar-refractivity contribution in [2.24, 2.45) is 5.84 Å². The Labute approximate surface area is 78.5 Å². The molecule has 0 aliphatic heterocycles. The third-order valence-corrected chi connectivity index (χ3v) is 1.92. The summed E-state index contributed by atoms with van der Waals surface area (Å²) in [5.74, 6) is 6.58. The quantitative estimate of drug-likeness (QED) is 0.528. The van der Waals surface area contributed by atoms with Crippen molar-refractivity contribution in [3.05, 3.63) is 17.8 Å². The minimum absolute atomic E-state index is 0.437. The van der Waals surface area contributed by atoms with Gasteiger partial charge in [0.25, 0.3) is 0 Å². The molecule has 1 rings (SSSR count). The van der Waals surface area contributed by atoms with E-state index in [-0.39, 0.29) is 0 Å². The van der Waals surface area contributed by atoms with Crippen molar-refractivity contribution in [3.8, 4) is 0 Å². The molecule has 0 aliphatic rings. The molecule has 13 heavy (non-hydrogen) atoms. The molecule has 72 valence electrons. The molecule has 0 bridgehead atoms. The van der Waals surface area contributed by atoms with Crippen LogP contribution < -0.4 is 16.6 Å². The zero-order valence-corrected chi connectivity index (χ0v) is 8.28. The number of nitrogens with zero attached hydrogens (tertiary/aromatic N) is 2. The highest BCUT2D eigenvalue weighted by atomic mass is 15.4. The van der Waals surface area contributed by atoms with Crippen LogP contribution >= 0.6 is 0 Å². The van der Waals surface area contributed by atoms with Gasteiger partial charge in [0.2, 0.25) is 0 Å². The molecule has 4 nitrogen and oxygen atoms in total. The number of rotatable bonds is 2. The van der Waals surface area contributed by atoms with Gasteiger partial charge in [0.05, 0.1) is 5.69 Å². The monoisotopic (exact) mass is 180 g/mol. The third-order valence-electron chi connectivity index (χ3n) is 1.92. The molecule has 4 heteroatoms. The summed E-state index contributed by atoms with van der Waals surface area (Å²) in [7, 11) is 1.72. The Balaban J connectivity index is 3.06. The number of pyridine rings is 1. The van der Waals surface area contributed by atoms with Crippen molar-refractivity contribution in [3.63, 3.8) is 0 Å². The van der Waals surface area contributed by atoms with E-state index in [9.17, 15) is 0 Å². The summed E-state index contributed by atoms with van der Waals surface area (Å²) in [4.78, 5) is 4.17. The van der Waals surface area contributed by atoms with Gasteiger partial charge in [0.1, 0.15) is 0 Å². The van der Waals surface area contributed by atoms with Crippen LogP contribution in [0.5, 0.6) is 0 Å². The zero-order chi connectivity index (χ0) is 10.0. The third kappa shape index (κ3) is 2.09. The van der Waals surface area contributed by atoms with Crippen LogP contribution in [0.3, 0.4) is 0 Å². The van der Waals surface area contributed by atoms with Gasteiger partial charge in [-0.1, -0.05) is 13.8 Å². The molecular weight excluding hydrogens is 164 g/mol. The van der Waals surface area contributed by atoms with Gasteiger partial charge in [-0.05, 0) is 17.5 Å². The molecule has 0 unspecified atom stereocenters. The molecular formula is C9H16N4. The van der Waals surface area contributed by atoms with Crippen molar-refractivity contribution in [1.82, 2.24) is 4.98 Å². The molecule has 0 spiro atoms. The number of nitrogen functional groups attached to an aromatic ring is 1. The fourth-order valence-electron chi connectivity index (χ4n) is 1.10. The van der Waals surface area contributed by atoms with Crippen molar-refractivity contribution in [1.29, 1.82) is 0 Å². The summed E-state index contributed by atoms with van der Waals surface area (Å²) in [5.41, 5.74) is 7.53. The van der Waals surface area contributed by atoms with E-state index in [4.69, 9.17) is 11.6 Å². The lowest BCUT2D eigenvalue weighted by Crippen LogP contribution is -2.27. The maximum absolute atomic E-state index is 5.78. The average molecular weight is 180 g/mol. The van der Waals surface area contributed by atoms with Crippen LogP contribution in [-0.4, -0.2) is 12.0 Å². The van der Waals surface area contributed by atoms with Gasteiger partial charge in [-0.2, -0.15) is 0 Å². The first-order valence-electron chi connectivity index (χ1n) is 4.26. The van der Waals surface area contributed by atoms with Gasteiger partial charge in [-0.25, -0.2) is 10.8 Å². The Kier molecular flexibility index (Phi) is 2.72. The van der Waals surface area contributed by atoms with Crippen LogP contribution in [0.1, 0.15) is 25.3 Å². The normalized spacial score (nSPS) is 10.5. The predicted molar refractivity (Wildman–Crippen MR) is 55.3 cm³/mol. The molecule has 0 amide bonds. The van der Waals surface area contributed by atoms with Gasteiger partial charge in [0.15, 0.2) is 5.82 Å². The van der Waals surface area contributed by atoms with E-state index in [2.05, 4.69) is 18.8 Å². The van der Waals surface area contributed by atoms with E-state index in [1.165, 1.54) is 5.01 Å². The highest BCUT2D eigenvalue weighted by Crippen LogP contribution is 2.22. The minimum atomic E-state index is 0.437. The molecule has 0 saturated heterocycles. The van der Waals surface area contributed by atoms with E-state index in [1.54, 1.807) is 13.2 Å². The molecule has 0 saturated carbocycles. The van der Waals surface area contributed by atoms with Crippen LogP contribution in [0.4, 0.5) is 11.5 Å². The largest absolute Gasteiger partial charge is 0.396 e. The molecule has 0 aromatic carbocycles. The average Bonchev–Trinajstić information content (AvgIpc) is 2.03. The Bertz CT molecular complexity index is 294. The van der Waals surface area contributed by atoms with Crippen molar-refractivity contribution >= 4 is 11.5 Å². The SMILES string of the molecule is CC(C)c1cnc(N(C)N)c(N)c1. The lowest BCUT2D eigenvalue weighted by molar-refractivity contribution is 0.854. The zero-order valence-electron chi connectivity index (χ0n) is 8.28. The first-order valence-corrected chi connectivity index (χ1v) is 4.26. The lowest BCUT2D eigenvalue weighted by Gasteiger charge is -2.14. The fraction of sp³-hybridized carbons (Fsp3) is 0.444. The first-order chi connectivity index (χ1) is 6.02. The van der Waals surface area contributed by atoms with Crippen LogP contribution in [0.2, 0.25) is 0 Å². The highest BCUT2D eigenvalue weighted by Gasteiger charge is 2.06. The summed E-state index contributed by atoms with van der Waals surface area (Å²) >= 11 is 0. The number of aromatic nitrogens is 1. The van der Waals surface area contributed by atoms with Crippen LogP contribution in [0, 0.1) is 0 Å². The minimum Gasteiger partial charge on any atom is -0.396 e. The number of hydrogen-bond donors (Lipinski definition) is 2. The standard InChI is InChI=1S/C9H16N4/c1-6(2)7-4-8(10)9(12-5-7)13(3)11/h4-6H,10-11H2,1-3H3. The molecule has 1 aromatic heterocycles. The van der Waals surface area contributed by atoms with E-state index >= 15 is 0 Å². The number of hydrogen-bond acceptors (Lipinski definition) is 4. The Morgan fingerprint density at radius 1 is 1.46 bits per heavy atom. The fourth-order valence-corrected chi connectivity index (χ4v) is 1.10. The van der Waals surface area contributed by atoms with Crippen LogP contribution in [-0.2, 0) is 0 Å². The highest BCUT2D eigenvalue weighted by molar-refractivity contribution is 5.62. The molecule has 4 N–H and O–H groups in total. The Morgan fingerprint density at radius 2 is 2.08 bits per heavy atom. The Hall–Kier alpha value is -1.29. The van der Waals surface area contributed by atoms with Crippen LogP contribution in [0.15, 0.2) is 12.3 Å². The van der Waals surface area contributed by atoms with E-state index in [0.29, 0.717) is 17.4 Å². The first kappa shape index (κ1) is 9.80. The molecule has 0 aliphatic carbocycles. The lowest BCUT2D eigenvalue weighted by atomic mass is 10.1. The number of nitrogens with two attached hydrogens (primary N) is 2. The molecule has 0 atom stereocenters. The number of anilines is 2. The summed E-state index contributed by atoms with van der Waals surface area (Å²) < 4.78 is 0. The van der Waals surface area contributed by atoms with Gasteiger partial charge < -0.3 is 5.73 Å². The van der Waals surface area contributed by atoms with E-state index in [0.717, 1.165) is 5.56 Å². The molecule has 0 radical (unpaired) electrons. The van der Waals surface area contributed by atoms with Gasteiger partial charge in [0, 0.05) is 13.2 Å². The molecule has 1 heterocycles. The second-order valence-electron chi connectivity index (χ2n) is 3.45. The summed E-state index contributed by atoms with van der Waals surface area (Å²) in [6, 6.07) is 1.91. The second-order valence-corrected chi connectivity index (χ2v) is 3.45. The number of hydrazine groups is 1. The molecule has 0 fully saturated rings. The van der Waals surface area contributed by atoms with Gasteiger partial charge in [-0.15, -0.1) is 0 Å². The van der Waals surface area contributed by atoms with Crippen molar-refractivity contribution < 1.29 is 0 Å². The maximum atomic E-state index is 5.78. The second kappa shape index (κ2) is 3.62. The molecule has 1 aromatic rings. The van der Waals surface area contributed by atoms with Crippen molar-refractivity contribution in [2.75, 3.05) is 17.8 Å². The predicted octanol–water partition coefficient (Wildman–Crippen LogP) is 1.10. The maximum Gasteiger partial charge on any atom is 0.165 e. The Morgan fingerprint density at radius 3 is 2.46 bits per heavy atom.